The van der Waals surface area contributed by atoms with Crippen LogP contribution >= 0.6 is 15.9 Å². The molecule has 1 heterocycles. The minimum absolute atomic E-state index is 0.384. The molecular weight excluding hydrogens is 288 g/mol. The van der Waals surface area contributed by atoms with Crippen molar-refractivity contribution >= 4 is 27.9 Å². The van der Waals surface area contributed by atoms with Crippen molar-refractivity contribution in [3.05, 3.63) is 21.9 Å². The highest BCUT2D eigenvalue weighted by Gasteiger charge is 2.35. The Morgan fingerprint density at radius 2 is 2.24 bits per heavy atom. The van der Waals surface area contributed by atoms with Crippen molar-refractivity contribution in [2.45, 2.75) is 39.7 Å². The number of ether oxygens (including phenoxy) is 2. The van der Waals surface area contributed by atoms with E-state index in [1.54, 1.807) is 13.0 Å². The first-order valence-electron chi connectivity index (χ1n) is 5.47. The van der Waals surface area contributed by atoms with Crippen molar-refractivity contribution in [1.82, 2.24) is 0 Å². The van der Waals surface area contributed by atoms with Crippen molar-refractivity contribution in [3.8, 4) is 0 Å². The van der Waals surface area contributed by atoms with E-state index in [-0.39, 0.29) is 0 Å². The van der Waals surface area contributed by atoms with E-state index in [2.05, 4.69) is 15.9 Å². The zero-order valence-corrected chi connectivity index (χ0v) is 11.7. The van der Waals surface area contributed by atoms with Crippen molar-refractivity contribution < 1.29 is 19.1 Å². The molecule has 0 amide bonds. The summed E-state index contributed by atoms with van der Waals surface area (Å²) in [7, 11) is 0. The molecule has 1 atom stereocenters. The Labute approximate surface area is 109 Å². The molecule has 94 valence electrons. The van der Waals surface area contributed by atoms with Gasteiger partial charge < -0.3 is 9.47 Å². The summed E-state index contributed by atoms with van der Waals surface area (Å²) in [5.74, 6) is -0.388. The number of carbonyl (C=O) groups is 2. The predicted molar refractivity (Wildman–Crippen MR) is 66.3 cm³/mol. The summed E-state index contributed by atoms with van der Waals surface area (Å²) in [6.07, 6.45) is 2.54. The third-order valence-electron chi connectivity index (χ3n) is 2.32. The number of rotatable bonds is 4. The molecule has 1 unspecified atom stereocenters. The van der Waals surface area contributed by atoms with E-state index in [0.29, 0.717) is 22.2 Å². The van der Waals surface area contributed by atoms with E-state index in [9.17, 15) is 9.59 Å². The first-order valence-corrected chi connectivity index (χ1v) is 6.26. The lowest BCUT2D eigenvalue weighted by Gasteiger charge is -2.15. The lowest BCUT2D eigenvalue weighted by molar-refractivity contribution is -0.146. The summed E-state index contributed by atoms with van der Waals surface area (Å²) in [6, 6.07) is 0. The molecule has 0 N–H and O–H groups in total. The van der Waals surface area contributed by atoms with Gasteiger partial charge in [0.2, 0.25) is 0 Å². The molecule has 0 aliphatic carbocycles. The quantitative estimate of drug-likeness (QED) is 0.749. The number of halogens is 1. The Morgan fingerprint density at radius 1 is 1.59 bits per heavy atom. The Morgan fingerprint density at radius 3 is 2.65 bits per heavy atom. The van der Waals surface area contributed by atoms with Crippen molar-refractivity contribution in [2.24, 2.45) is 0 Å². The summed E-state index contributed by atoms with van der Waals surface area (Å²) in [5.41, 5.74) is 0.384. The molecule has 0 aromatic heterocycles. The van der Waals surface area contributed by atoms with Gasteiger partial charge in [0.15, 0.2) is 0 Å². The second-order valence-corrected chi connectivity index (χ2v) is 4.45. The Kier molecular flexibility index (Phi) is 4.93. The van der Waals surface area contributed by atoms with E-state index in [0.717, 1.165) is 6.42 Å². The molecule has 1 aliphatic heterocycles. The van der Waals surface area contributed by atoms with Gasteiger partial charge in [-0.1, -0.05) is 13.3 Å². The Hall–Kier alpha value is -1.10. The van der Waals surface area contributed by atoms with Gasteiger partial charge in [-0.3, -0.25) is 4.79 Å². The minimum atomic E-state index is -0.545. The van der Waals surface area contributed by atoms with Crippen LogP contribution < -0.4 is 0 Å². The van der Waals surface area contributed by atoms with Gasteiger partial charge >= 0.3 is 11.9 Å². The third-order valence-corrected chi connectivity index (χ3v) is 3.14. The Balaban J connectivity index is 3.04. The van der Waals surface area contributed by atoms with Crippen LogP contribution in [0.5, 0.6) is 0 Å². The predicted octanol–water partition coefficient (Wildman–Crippen LogP) is 2.83. The maximum Gasteiger partial charge on any atom is 0.344 e. The number of carbonyl (C=O) groups excluding carboxylic acids is 2. The molecule has 0 bridgehead atoms. The monoisotopic (exact) mass is 302 g/mol. The van der Waals surface area contributed by atoms with Gasteiger partial charge in [-0.25, -0.2) is 4.79 Å². The second kappa shape index (κ2) is 6.00. The number of cyclic esters (lactones) is 1. The molecule has 0 aromatic rings. The van der Waals surface area contributed by atoms with E-state index < -0.39 is 18.0 Å². The van der Waals surface area contributed by atoms with Gasteiger partial charge in [0.05, 0.1) is 10.1 Å². The summed E-state index contributed by atoms with van der Waals surface area (Å²) in [4.78, 5) is 22.7. The van der Waals surface area contributed by atoms with E-state index in [1.807, 2.05) is 6.92 Å². The van der Waals surface area contributed by atoms with Gasteiger partial charge in [-0.15, -0.1) is 0 Å². The average Bonchev–Trinajstić information content (AvgIpc) is 2.52. The summed E-state index contributed by atoms with van der Waals surface area (Å²) < 4.78 is 10.8. The minimum Gasteiger partial charge on any atom is -0.457 e. The molecule has 0 spiro atoms. The molecule has 5 heteroatoms. The molecule has 0 radical (unpaired) electrons. The van der Waals surface area contributed by atoms with Crippen LogP contribution in [0.25, 0.3) is 0 Å². The molecule has 0 fully saturated rings. The zero-order chi connectivity index (χ0) is 13.0. The van der Waals surface area contributed by atoms with Gasteiger partial charge in [0.1, 0.15) is 11.9 Å². The third kappa shape index (κ3) is 3.19. The molecule has 0 aromatic carbocycles. The van der Waals surface area contributed by atoms with Crippen LogP contribution in [0.15, 0.2) is 21.9 Å². The van der Waals surface area contributed by atoms with Crippen molar-refractivity contribution in [1.29, 1.82) is 0 Å². The molecule has 1 rings (SSSR count). The van der Waals surface area contributed by atoms with Crippen molar-refractivity contribution in [3.63, 3.8) is 0 Å². The first kappa shape index (κ1) is 14.0. The summed E-state index contributed by atoms with van der Waals surface area (Å²) in [5, 5.41) is 0. The highest BCUT2D eigenvalue weighted by Crippen LogP contribution is 2.34. The van der Waals surface area contributed by atoms with Crippen molar-refractivity contribution in [2.75, 3.05) is 0 Å². The van der Waals surface area contributed by atoms with Crippen LogP contribution in [-0.2, 0) is 19.1 Å². The molecule has 4 nitrogen and oxygen atoms in total. The number of hydrogen-bond donors (Lipinski definition) is 0. The van der Waals surface area contributed by atoms with Crippen LogP contribution in [0.3, 0.4) is 0 Å². The fraction of sp³-hybridized carbons (Fsp3) is 0.500. The normalized spacial score (nSPS) is 19.5. The smallest absolute Gasteiger partial charge is 0.344 e. The highest BCUT2D eigenvalue weighted by atomic mass is 79.9. The lowest BCUT2D eigenvalue weighted by Crippen LogP contribution is -2.22. The summed E-state index contributed by atoms with van der Waals surface area (Å²) in [6.45, 7) is 5.06. The average molecular weight is 303 g/mol. The maximum absolute atomic E-state index is 11.7. The van der Waals surface area contributed by atoms with Gasteiger partial charge in [0, 0.05) is 6.92 Å². The number of esters is 2. The van der Waals surface area contributed by atoms with Crippen LogP contribution in [0, 0.1) is 0 Å². The molecular formula is C12H15BrO4. The Bertz CT molecular complexity index is 395. The molecule has 17 heavy (non-hydrogen) atoms. The van der Waals surface area contributed by atoms with Crippen LogP contribution in [0.4, 0.5) is 0 Å². The second-order valence-electron chi connectivity index (χ2n) is 3.66. The van der Waals surface area contributed by atoms with Gasteiger partial charge in [-0.05, 0) is 35.4 Å². The van der Waals surface area contributed by atoms with Crippen LogP contribution in [0.2, 0.25) is 0 Å². The number of hydrogen-bond acceptors (Lipinski definition) is 4. The first-order chi connectivity index (χ1) is 8.01. The molecule has 0 saturated heterocycles. The van der Waals surface area contributed by atoms with E-state index >= 15 is 0 Å². The SMILES string of the molecule is C/C=C1\OC(=O)C(C(CCC)OC(C)=O)=C1Br. The largest absolute Gasteiger partial charge is 0.457 e. The van der Waals surface area contributed by atoms with E-state index in [4.69, 9.17) is 9.47 Å². The topological polar surface area (TPSA) is 52.6 Å². The summed E-state index contributed by atoms with van der Waals surface area (Å²) >= 11 is 3.31. The van der Waals surface area contributed by atoms with Crippen LogP contribution in [0.1, 0.15) is 33.6 Å². The molecule has 1 aliphatic rings. The highest BCUT2D eigenvalue weighted by molar-refractivity contribution is 9.12. The van der Waals surface area contributed by atoms with E-state index in [1.165, 1.54) is 6.92 Å². The van der Waals surface area contributed by atoms with Crippen LogP contribution in [-0.4, -0.2) is 18.0 Å². The fourth-order valence-electron chi connectivity index (χ4n) is 1.61. The maximum atomic E-state index is 11.7. The van der Waals surface area contributed by atoms with Gasteiger partial charge in [-0.2, -0.15) is 0 Å². The van der Waals surface area contributed by atoms with Gasteiger partial charge in [0.25, 0.3) is 0 Å². The standard InChI is InChI=1S/C12H15BrO4/c1-4-6-9(16-7(3)14)10-11(13)8(5-2)17-12(10)15/h5,9H,4,6H2,1-3H3/b8-5-. The molecule has 0 saturated carbocycles. The fourth-order valence-corrected chi connectivity index (χ4v) is 2.33. The number of allylic oxidation sites excluding steroid dienone is 2. The zero-order valence-electron chi connectivity index (χ0n) is 10.1. The lowest BCUT2D eigenvalue weighted by atomic mass is 10.1.